The third-order valence-electron chi connectivity index (χ3n) is 4.31. The zero-order valence-corrected chi connectivity index (χ0v) is 17.1. The van der Waals surface area contributed by atoms with Crippen LogP contribution in [0.25, 0.3) is 0 Å². The summed E-state index contributed by atoms with van der Waals surface area (Å²) in [6.07, 6.45) is 0.0895. The van der Waals surface area contributed by atoms with E-state index in [1.54, 1.807) is 48.5 Å². The Morgan fingerprint density at radius 1 is 0.833 bits per heavy atom. The Morgan fingerprint density at radius 2 is 1.37 bits per heavy atom. The molecule has 0 heterocycles. The average molecular weight is 404 g/mol. The number of nitrogens with one attached hydrogen (secondary N) is 1. The predicted octanol–water partition coefficient (Wildman–Crippen LogP) is 4.93. The molecule has 0 saturated carbocycles. The first kappa shape index (κ1) is 20.9. The molecule has 3 aromatic rings. The molecule has 0 fully saturated rings. The molecule has 2 amide bonds. The fourth-order valence-electron chi connectivity index (χ4n) is 2.81. The van der Waals surface area contributed by atoms with E-state index < -0.39 is 5.91 Å². The van der Waals surface area contributed by atoms with E-state index in [0.29, 0.717) is 22.6 Å². The maximum Gasteiger partial charge on any atom is 0.255 e. The van der Waals surface area contributed by atoms with Crippen molar-refractivity contribution in [2.24, 2.45) is 5.73 Å². The van der Waals surface area contributed by atoms with Gasteiger partial charge in [-0.25, -0.2) is 0 Å². The molecule has 0 spiro atoms. The Morgan fingerprint density at radius 3 is 1.87 bits per heavy atom. The zero-order chi connectivity index (χ0) is 21.7. The predicted molar refractivity (Wildman–Crippen MR) is 116 cm³/mol. The van der Waals surface area contributed by atoms with Gasteiger partial charge in [0.25, 0.3) is 5.91 Å². The van der Waals surface area contributed by atoms with Crippen molar-refractivity contribution in [1.29, 1.82) is 0 Å². The van der Waals surface area contributed by atoms with E-state index >= 15 is 0 Å². The lowest BCUT2D eigenvalue weighted by atomic mass is 10.1. The highest BCUT2D eigenvalue weighted by Gasteiger charge is 2.10. The maximum atomic E-state index is 12.6. The minimum absolute atomic E-state index is 0.0895. The van der Waals surface area contributed by atoms with Crippen LogP contribution in [0, 0.1) is 6.92 Å². The van der Waals surface area contributed by atoms with Crippen LogP contribution >= 0.6 is 0 Å². The number of ether oxygens (including phenoxy) is 2. The second-order valence-corrected chi connectivity index (χ2v) is 7.11. The van der Waals surface area contributed by atoms with Gasteiger partial charge in [0.2, 0.25) is 5.91 Å². The Bertz CT molecular complexity index is 1040. The van der Waals surface area contributed by atoms with Crippen molar-refractivity contribution in [3.8, 4) is 17.2 Å². The first-order chi connectivity index (χ1) is 14.3. The van der Waals surface area contributed by atoms with Gasteiger partial charge < -0.3 is 20.5 Å². The number of hydrogen-bond acceptors (Lipinski definition) is 4. The summed E-state index contributed by atoms with van der Waals surface area (Å²) in [4.78, 5) is 23.7. The Kier molecular flexibility index (Phi) is 6.37. The number of nitrogens with two attached hydrogens (primary N) is 1. The summed E-state index contributed by atoms with van der Waals surface area (Å²) in [6, 6.07) is 18.9. The van der Waals surface area contributed by atoms with Crippen molar-refractivity contribution >= 4 is 17.5 Å². The molecule has 0 saturated heterocycles. The quantitative estimate of drug-likeness (QED) is 0.584. The molecule has 154 valence electrons. The van der Waals surface area contributed by atoms with E-state index in [0.717, 1.165) is 17.0 Å². The SMILES string of the molecule is Cc1cc(OC(C)C)ccc1NC(=O)c1ccc(Oc2ccc(C(N)=O)cc2)cc1. The Hall–Kier alpha value is -3.80. The van der Waals surface area contributed by atoms with Gasteiger partial charge in [-0.2, -0.15) is 0 Å². The number of benzene rings is 3. The van der Waals surface area contributed by atoms with Crippen molar-refractivity contribution in [2.45, 2.75) is 26.9 Å². The minimum Gasteiger partial charge on any atom is -0.491 e. The van der Waals surface area contributed by atoms with Gasteiger partial charge in [-0.05, 0) is 93.1 Å². The number of aryl methyl sites for hydroxylation is 1. The molecule has 0 aromatic heterocycles. The van der Waals surface area contributed by atoms with Gasteiger partial charge in [-0.3, -0.25) is 9.59 Å². The third kappa shape index (κ3) is 5.38. The van der Waals surface area contributed by atoms with Crippen LogP contribution in [0.2, 0.25) is 0 Å². The number of carbonyl (C=O) groups excluding carboxylic acids is 2. The average Bonchev–Trinajstić information content (AvgIpc) is 2.70. The van der Waals surface area contributed by atoms with Crippen molar-refractivity contribution in [2.75, 3.05) is 5.32 Å². The summed E-state index contributed by atoms with van der Waals surface area (Å²) in [7, 11) is 0. The molecule has 3 rings (SSSR count). The smallest absolute Gasteiger partial charge is 0.255 e. The summed E-state index contributed by atoms with van der Waals surface area (Å²) in [5.41, 5.74) is 7.79. The molecule has 30 heavy (non-hydrogen) atoms. The highest BCUT2D eigenvalue weighted by Crippen LogP contribution is 2.24. The van der Waals surface area contributed by atoms with Gasteiger partial charge in [-0.15, -0.1) is 0 Å². The summed E-state index contributed by atoms with van der Waals surface area (Å²) >= 11 is 0. The maximum absolute atomic E-state index is 12.6. The van der Waals surface area contributed by atoms with Gasteiger partial charge >= 0.3 is 0 Å². The van der Waals surface area contributed by atoms with E-state index in [-0.39, 0.29) is 12.0 Å². The number of amides is 2. The van der Waals surface area contributed by atoms with Crippen LogP contribution in [-0.4, -0.2) is 17.9 Å². The molecule has 3 aromatic carbocycles. The first-order valence-corrected chi connectivity index (χ1v) is 9.58. The number of primary amides is 1. The van der Waals surface area contributed by atoms with Crippen LogP contribution in [0.15, 0.2) is 66.7 Å². The minimum atomic E-state index is -0.491. The number of carbonyl (C=O) groups is 2. The molecule has 0 unspecified atom stereocenters. The van der Waals surface area contributed by atoms with Crippen LogP contribution < -0.4 is 20.5 Å². The lowest BCUT2D eigenvalue weighted by Crippen LogP contribution is -2.13. The van der Waals surface area contributed by atoms with E-state index in [4.69, 9.17) is 15.2 Å². The number of hydrogen-bond donors (Lipinski definition) is 2. The molecule has 0 atom stereocenters. The lowest BCUT2D eigenvalue weighted by molar-refractivity contribution is 0.0997. The molecule has 0 bridgehead atoms. The number of anilines is 1. The van der Waals surface area contributed by atoms with Crippen LogP contribution in [0.4, 0.5) is 5.69 Å². The highest BCUT2D eigenvalue weighted by atomic mass is 16.5. The molecule has 6 nitrogen and oxygen atoms in total. The monoisotopic (exact) mass is 404 g/mol. The van der Waals surface area contributed by atoms with Crippen LogP contribution in [0.5, 0.6) is 17.2 Å². The molecular formula is C24H24N2O4. The van der Waals surface area contributed by atoms with Crippen molar-refractivity contribution in [3.63, 3.8) is 0 Å². The first-order valence-electron chi connectivity index (χ1n) is 9.58. The van der Waals surface area contributed by atoms with E-state index in [2.05, 4.69) is 5.32 Å². The normalized spacial score (nSPS) is 10.5. The van der Waals surface area contributed by atoms with E-state index in [9.17, 15) is 9.59 Å². The molecule has 0 aliphatic heterocycles. The van der Waals surface area contributed by atoms with Gasteiger partial charge in [0.1, 0.15) is 17.2 Å². The van der Waals surface area contributed by atoms with Crippen molar-refractivity contribution < 1.29 is 19.1 Å². The Labute approximate surface area is 175 Å². The summed E-state index contributed by atoms with van der Waals surface area (Å²) < 4.78 is 11.4. The molecular weight excluding hydrogens is 380 g/mol. The fourth-order valence-corrected chi connectivity index (χ4v) is 2.81. The molecule has 0 aliphatic carbocycles. The van der Waals surface area contributed by atoms with Crippen LogP contribution in [0.1, 0.15) is 40.1 Å². The summed E-state index contributed by atoms with van der Waals surface area (Å²) in [5.74, 6) is 1.20. The second-order valence-electron chi connectivity index (χ2n) is 7.11. The molecule has 0 aliphatic rings. The molecule has 6 heteroatoms. The van der Waals surface area contributed by atoms with Crippen LogP contribution in [-0.2, 0) is 0 Å². The highest BCUT2D eigenvalue weighted by molar-refractivity contribution is 6.04. The summed E-state index contributed by atoms with van der Waals surface area (Å²) in [6.45, 7) is 5.85. The lowest BCUT2D eigenvalue weighted by Gasteiger charge is -2.13. The molecule has 3 N–H and O–H groups in total. The second kappa shape index (κ2) is 9.13. The van der Waals surface area contributed by atoms with E-state index in [1.165, 1.54) is 0 Å². The third-order valence-corrected chi connectivity index (χ3v) is 4.31. The Balaban J connectivity index is 1.64. The molecule has 0 radical (unpaired) electrons. The van der Waals surface area contributed by atoms with E-state index in [1.807, 2.05) is 39.0 Å². The zero-order valence-electron chi connectivity index (χ0n) is 17.1. The fraction of sp³-hybridized carbons (Fsp3) is 0.167. The largest absolute Gasteiger partial charge is 0.491 e. The van der Waals surface area contributed by atoms with Crippen LogP contribution in [0.3, 0.4) is 0 Å². The number of rotatable bonds is 7. The van der Waals surface area contributed by atoms with Gasteiger partial charge in [0, 0.05) is 16.8 Å². The van der Waals surface area contributed by atoms with Crippen molar-refractivity contribution in [1.82, 2.24) is 0 Å². The van der Waals surface area contributed by atoms with Gasteiger partial charge in [0.15, 0.2) is 0 Å². The van der Waals surface area contributed by atoms with Gasteiger partial charge in [-0.1, -0.05) is 0 Å². The van der Waals surface area contributed by atoms with Gasteiger partial charge in [0.05, 0.1) is 6.10 Å². The topological polar surface area (TPSA) is 90.7 Å². The summed E-state index contributed by atoms with van der Waals surface area (Å²) in [5, 5.41) is 2.91. The standard InChI is InChI=1S/C24H24N2O4/c1-15(2)29-21-12-13-22(16(3)14-21)26-24(28)18-6-10-20(11-7-18)30-19-8-4-17(5-9-19)23(25)27/h4-15H,1-3H3,(H2,25,27)(H,26,28). The van der Waals surface area contributed by atoms with Crippen molar-refractivity contribution in [3.05, 3.63) is 83.4 Å².